The number of nitrogens with zero attached hydrogens (tertiary/aromatic N) is 2. The summed E-state index contributed by atoms with van der Waals surface area (Å²) in [6.45, 7) is 0. The molecule has 2 atom stereocenters. The Morgan fingerprint density at radius 1 is 1.24 bits per heavy atom. The summed E-state index contributed by atoms with van der Waals surface area (Å²) < 4.78 is 55.4. The number of hydrogen-bond acceptors (Lipinski definition) is 7. The van der Waals surface area contributed by atoms with Crippen molar-refractivity contribution >= 4 is 23.2 Å². The Morgan fingerprint density at radius 3 is 2.61 bits per heavy atom. The number of ether oxygens (including phenoxy) is 1. The lowest BCUT2D eigenvalue weighted by molar-refractivity contribution is -0.253. The van der Waals surface area contributed by atoms with E-state index in [1.54, 1.807) is 0 Å². The number of nitrogens with one attached hydrogen (secondary N) is 2. The van der Waals surface area contributed by atoms with E-state index in [2.05, 4.69) is 20.4 Å². The molecule has 3 rings (SSSR count). The molecule has 1 saturated carbocycles. The summed E-state index contributed by atoms with van der Waals surface area (Å²) in [7, 11) is 0. The van der Waals surface area contributed by atoms with Crippen LogP contribution in [0, 0.1) is 11.3 Å². The van der Waals surface area contributed by atoms with Gasteiger partial charge >= 0.3 is 12.5 Å². The molecule has 0 saturated heterocycles. The van der Waals surface area contributed by atoms with Gasteiger partial charge in [-0.2, -0.15) is 22.8 Å². The average Bonchev–Trinajstić information content (AvgIpc) is 2.75. The average molecular weight is 466 g/mol. The van der Waals surface area contributed by atoms with Crippen molar-refractivity contribution in [3.63, 3.8) is 0 Å². The molecule has 1 fully saturated rings. The predicted octanol–water partition coefficient (Wildman–Crippen LogP) is 3.71. The van der Waals surface area contributed by atoms with Crippen molar-refractivity contribution in [2.24, 2.45) is 11.5 Å². The molecule has 2 aromatic rings. The van der Waals surface area contributed by atoms with Crippen LogP contribution in [0.1, 0.15) is 41.6 Å². The van der Waals surface area contributed by atoms with Gasteiger partial charge in [0.1, 0.15) is 23.5 Å². The van der Waals surface area contributed by atoms with Gasteiger partial charge in [0, 0.05) is 23.8 Å². The molecule has 176 valence electrons. The van der Waals surface area contributed by atoms with E-state index in [0.717, 1.165) is 37.8 Å². The van der Waals surface area contributed by atoms with Crippen molar-refractivity contribution in [1.82, 2.24) is 4.98 Å². The molecular formula is C21H22F4N6O2. The molecule has 0 radical (unpaired) electrons. The Hall–Kier alpha value is -3.59. The number of anilines is 3. The van der Waals surface area contributed by atoms with Crippen LogP contribution in [-0.2, 0) is 0 Å². The second-order valence-corrected chi connectivity index (χ2v) is 7.57. The van der Waals surface area contributed by atoms with E-state index >= 15 is 0 Å². The van der Waals surface area contributed by atoms with Crippen LogP contribution in [0.25, 0.3) is 0 Å². The SMILES string of the molecule is N#Cc1cc(C(N)=O)c(Nc2cccc(OC(F)(F)C(F)F)c2)nc1N[C@@H]1CCCC[C@@H]1N. The van der Waals surface area contributed by atoms with Crippen molar-refractivity contribution < 1.29 is 27.1 Å². The molecule has 1 aromatic heterocycles. The zero-order valence-corrected chi connectivity index (χ0v) is 17.3. The van der Waals surface area contributed by atoms with Crippen LogP contribution < -0.4 is 26.8 Å². The van der Waals surface area contributed by atoms with E-state index in [1.165, 1.54) is 18.2 Å². The number of benzene rings is 1. The number of carbonyl (C=O) groups excluding carboxylic acids is 1. The number of rotatable bonds is 8. The number of nitrogens with two attached hydrogens (primary N) is 2. The quantitative estimate of drug-likeness (QED) is 0.435. The topological polar surface area (TPSA) is 139 Å². The number of aromatic nitrogens is 1. The summed E-state index contributed by atoms with van der Waals surface area (Å²) in [5.41, 5.74) is 11.6. The molecule has 1 aliphatic rings. The molecule has 1 aromatic carbocycles. The van der Waals surface area contributed by atoms with Gasteiger partial charge in [-0.25, -0.2) is 4.98 Å². The van der Waals surface area contributed by atoms with Crippen LogP contribution in [0.15, 0.2) is 30.3 Å². The number of alkyl halides is 4. The summed E-state index contributed by atoms with van der Waals surface area (Å²) in [5.74, 6) is -1.32. The van der Waals surface area contributed by atoms with Crippen LogP contribution in [0.2, 0.25) is 0 Å². The van der Waals surface area contributed by atoms with Crippen LogP contribution in [0.3, 0.4) is 0 Å². The Labute approximate surface area is 186 Å². The zero-order valence-electron chi connectivity index (χ0n) is 17.3. The highest BCUT2D eigenvalue weighted by molar-refractivity contribution is 5.99. The van der Waals surface area contributed by atoms with Gasteiger partial charge < -0.3 is 26.8 Å². The fourth-order valence-corrected chi connectivity index (χ4v) is 3.48. The summed E-state index contributed by atoms with van der Waals surface area (Å²) in [6, 6.07) is 7.72. The molecule has 33 heavy (non-hydrogen) atoms. The van der Waals surface area contributed by atoms with Crippen LogP contribution >= 0.6 is 0 Å². The van der Waals surface area contributed by atoms with E-state index in [9.17, 15) is 27.6 Å². The van der Waals surface area contributed by atoms with E-state index in [1.807, 2.05) is 6.07 Å². The Morgan fingerprint density at radius 2 is 1.97 bits per heavy atom. The van der Waals surface area contributed by atoms with Gasteiger partial charge in [0.2, 0.25) is 0 Å². The number of amides is 1. The van der Waals surface area contributed by atoms with E-state index < -0.39 is 24.2 Å². The van der Waals surface area contributed by atoms with Crippen molar-refractivity contribution in [1.29, 1.82) is 5.26 Å². The van der Waals surface area contributed by atoms with Crippen molar-refractivity contribution in [2.75, 3.05) is 10.6 Å². The van der Waals surface area contributed by atoms with Gasteiger partial charge in [0.25, 0.3) is 5.91 Å². The summed E-state index contributed by atoms with van der Waals surface area (Å²) in [5, 5.41) is 15.4. The molecule has 1 heterocycles. The molecule has 1 aliphatic carbocycles. The Kier molecular flexibility index (Phi) is 7.23. The van der Waals surface area contributed by atoms with E-state index in [0.29, 0.717) is 0 Å². The lowest BCUT2D eigenvalue weighted by Crippen LogP contribution is -2.43. The second kappa shape index (κ2) is 9.91. The smallest absolute Gasteiger partial charge is 0.428 e. The third kappa shape index (κ3) is 5.81. The molecule has 0 bridgehead atoms. The maximum Gasteiger partial charge on any atom is 0.461 e. The summed E-state index contributed by atoms with van der Waals surface area (Å²) in [6.07, 6.45) is -5.18. The highest BCUT2D eigenvalue weighted by atomic mass is 19.3. The Balaban J connectivity index is 1.92. The van der Waals surface area contributed by atoms with Gasteiger partial charge in [-0.3, -0.25) is 4.79 Å². The monoisotopic (exact) mass is 466 g/mol. The van der Waals surface area contributed by atoms with Crippen LogP contribution in [-0.4, -0.2) is 35.5 Å². The summed E-state index contributed by atoms with van der Waals surface area (Å²) in [4.78, 5) is 16.3. The first-order valence-corrected chi connectivity index (χ1v) is 10.1. The number of hydrogen-bond donors (Lipinski definition) is 4. The third-order valence-electron chi connectivity index (χ3n) is 5.15. The number of halogens is 4. The maximum atomic E-state index is 13.2. The van der Waals surface area contributed by atoms with Crippen molar-refractivity contribution in [3.05, 3.63) is 41.5 Å². The minimum absolute atomic E-state index is 0.0637. The lowest BCUT2D eigenvalue weighted by Gasteiger charge is -2.30. The predicted molar refractivity (Wildman–Crippen MR) is 113 cm³/mol. The molecule has 0 unspecified atom stereocenters. The second-order valence-electron chi connectivity index (χ2n) is 7.57. The molecule has 1 amide bonds. The first-order chi connectivity index (χ1) is 15.6. The third-order valence-corrected chi connectivity index (χ3v) is 5.15. The minimum atomic E-state index is -4.68. The molecule has 0 spiro atoms. The largest absolute Gasteiger partial charge is 0.461 e. The fourth-order valence-electron chi connectivity index (χ4n) is 3.48. The van der Waals surface area contributed by atoms with Gasteiger partial charge in [-0.05, 0) is 31.0 Å². The number of pyridine rings is 1. The summed E-state index contributed by atoms with van der Waals surface area (Å²) >= 11 is 0. The molecule has 6 N–H and O–H groups in total. The van der Waals surface area contributed by atoms with E-state index in [4.69, 9.17) is 11.5 Å². The van der Waals surface area contributed by atoms with Crippen LogP contribution in [0.5, 0.6) is 5.75 Å². The standard InChI is InChI=1S/C21H22F4N6O2/c22-20(23)21(24,25)33-13-5-3-4-12(9-13)29-19-14(17(28)32)8-11(10-26)18(31-19)30-16-7-2-1-6-15(16)27/h3-5,8-9,15-16,20H,1-2,6-7,27H2,(H2,28,32)(H2,29,30,31)/t15-,16+/m0/s1. The van der Waals surface area contributed by atoms with Gasteiger partial charge in [0.15, 0.2) is 0 Å². The van der Waals surface area contributed by atoms with Crippen molar-refractivity contribution in [3.8, 4) is 11.8 Å². The van der Waals surface area contributed by atoms with Gasteiger partial charge in [-0.1, -0.05) is 18.9 Å². The maximum absolute atomic E-state index is 13.2. The first kappa shape index (κ1) is 24.1. The lowest BCUT2D eigenvalue weighted by atomic mass is 9.91. The zero-order chi connectivity index (χ0) is 24.2. The highest BCUT2D eigenvalue weighted by Crippen LogP contribution is 2.31. The minimum Gasteiger partial charge on any atom is -0.428 e. The highest BCUT2D eigenvalue weighted by Gasteiger charge is 2.44. The van der Waals surface area contributed by atoms with E-state index in [-0.39, 0.29) is 40.5 Å². The normalized spacial score (nSPS) is 18.5. The van der Waals surface area contributed by atoms with Crippen molar-refractivity contribution in [2.45, 2.75) is 50.3 Å². The molecule has 8 nitrogen and oxygen atoms in total. The number of nitriles is 1. The number of carbonyl (C=O) groups is 1. The fraction of sp³-hybridized carbons (Fsp3) is 0.381. The molecular weight excluding hydrogens is 444 g/mol. The molecule has 0 aliphatic heterocycles. The Bertz CT molecular complexity index is 1060. The van der Waals surface area contributed by atoms with Gasteiger partial charge in [-0.15, -0.1) is 0 Å². The van der Waals surface area contributed by atoms with Gasteiger partial charge in [0.05, 0.1) is 11.1 Å². The van der Waals surface area contributed by atoms with Crippen LogP contribution in [0.4, 0.5) is 34.9 Å². The molecule has 12 heteroatoms. The first-order valence-electron chi connectivity index (χ1n) is 10.1. The number of primary amides is 1.